The Bertz CT molecular complexity index is 629. The van der Waals surface area contributed by atoms with Crippen molar-refractivity contribution in [3.05, 3.63) is 41.8 Å². The first kappa shape index (κ1) is 13.7. The molecule has 104 valence electrons. The molecule has 0 fully saturated rings. The van der Waals surface area contributed by atoms with E-state index < -0.39 is 5.82 Å². The average Bonchev–Trinajstić information content (AvgIpc) is 2.43. The van der Waals surface area contributed by atoms with E-state index in [4.69, 9.17) is 10.5 Å². The lowest BCUT2D eigenvalue weighted by Crippen LogP contribution is -2.23. The molecular weight excluding hydrogens is 263 g/mol. The van der Waals surface area contributed by atoms with Gasteiger partial charge in [-0.25, -0.2) is 4.39 Å². The van der Waals surface area contributed by atoms with E-state index in [1.54, 1.807) is 14.1 Å². The molecule has 1 aromatic carbocycles. The van der Waals surface area contributed by atoms with Crippen LogP contribution in [0.2, 0.25) is 0 Å². The molecule has 6 nitrogen and oxygen atoms in total. The van der Waals surface area contributed by atoms with Gasteiger partial charge in [0.25, 0.3) is 5.91 Å². The van der Waals surface area contributed by atoms with E-state index in [0.717, 1.165) is 6.07 Å². The van der Waals surface area contributed by atoms with Crippen LogP contribution in [0.25, 0.3) is 0 Å². The minimum absolute atomic E-state index is 0.0374. The molecule has 1 amide bonds. The Hall–Kier alpha value is -2.70. The molecule has 0 radical (unpaired) electrons. The first-order chi connectivity index (χ1) is 9.47. The summed E-state index contributed by atoms with van der Waals surface area (Å²) < 4.78 is 18.6. The van der Waals surface area contributed by atoms with Crippen molar-refractivity contribution in [3.8, 4) is 11.6 Å². The highest BCUT2D eigenvalue weighted by atomic mass is 19.1. The smallest absolute Gasteiger partial charge is 0.273 e. The third kappa shape index (κ3) is 3.00. The van der Waals surface area contributed by atoms with E-state index in [2.05, 4.69) is 10.2 Å². The van der Waals surface area contributed by atoms with Gasteiger partial charge >= 0.3 is 0 Å². The van der Waals surface area contributed by atoms with E-state index in [1.165, 1.54) is 29.2 Å². The second-order valence-corrected chi connectivity index (χ2v) is 4.24. The molecule has 0 saturated carbocycles. The lowest BCUT2D eigenvalue weighted by Gasteiger charge is -2.09. The van der Waals surface area contributed by atoms with Gasteiger partial charge in [-0.05, 0) is 18.2 Å². The van der Waals surface area contributed by atoms with Crippen LogP contribution in [0.1, 0.15) is 10.5 Å². The number of carbonyl (C=O) groups excluding carboxylic acids is 1. The zero-order valence-corrected chi connectivity index (χ0v) is 11.0. The number of ether oxygens (including phenoxy) is 1. The highest BCUT2D eigenvalue weighted by molar-refractivity contribution is 5.91. The number of hydrogen-bond acceptors (Lipinski definition) is 5. The number of nitrogens with zero attached hydrogens (tertiary/aromatic N) is 3. The summed E-state index contributed by atoms with van der Waals surface area (Å²) >= 11 is 0. The Balaban J connectivity index is 2.14. The third-order valence-corrected chi connectivity index (χ3v) is 2.46. The molecule has 0 bridgehead atoms. The van der Waals surface area contributed by atoms with Crippen molar-refractivity contribution in [3.63, 3.8) is 0 Å². The largest absolute Gasteiger partial charge is 0.437 e. The number of aromatic nitrogens is 2. The van der Waals surface area contributed by atoms with E-state index in [0.29, 0.717) is 0 Å². The number of benzene rings is 1. The zero-order chi connectivity index (χ0) is 14.7. The van der Waals surface area contributed by atoms with Crippen LogP contribution in [0, 0.1) is 5.82 Å². The molecule has 2 rings (SSSR count). The lowest BCUT2D eigenvalue weighted by atomic mass is 10.3. The second-order valence-electron chi connectivity index (χ2n) is 4.24. The Kier molecular flexibility index (Phi) is 3.79. The van der Waals surface area contributed by atoms with Crippen molar-refractivity contribution >= 4 is 11.6 Å². The maximum absolute atomic E-state index is 13.2. The summed E-state index contributed by atoms with van der Waals surface area (Å²) in [5, 5.41) is 7.51. The van der Waals surface area contributed by atoms with Crippen molar-refractivity contribution in [2.24, 2.45) is 0 Å². The predicted molar refractivity (Wildman–Crippen MR) is 70.9 cm³/mol. The number of hydrogen-bond donors (Lipinski definition) is 1. The van der Waals surface area contributed by atoms with Crippen molar-refractivity contribution in [2.45, 2.75) is 0 Å². The van der Waals surface area contributed by atoms with Crippen LogP contribution < -0.4 is 10.5 Å². The second kappa shape index (κ2) is 5.52. The molecule has 0 aliphatic heterocycles. The van der Waals surface area contributed by atoms with Crippen molar-refractivity contribution in [1.82, 2.24) is 15.1 Å². The molecule has 0 spiro atoms. The number of carbonyl (C=O) groups is 1. The number of nitrogens with two attached hydrogens (primary N) is 1. The Labute approximate surface area is 115 Å². The first-order valence-corrected chi connectivity index (χ1v) is 5.75. The highest BCUT2D eigenvalue weighted by Crippen LogP contribution is 2.22. The minimum atomic E-state index is -0.574. The predicted octanol–water partition coefficient (Wildman–Crippen LogP) is 1.69. The van der Waals surface area contributed by atoms with Gasteiger partial charge in [0, 0.05) is 26.2 Å². The van der Waals surface area contributed by atoms with Crippen LogP contribution in [-0.4, -0.2) is 35.1 Å². The van der Waals surface area contributed by atoms with Gasteiger partial charge in [0.2, 0.25) is 5.88 Å². The van der Waals surface area contributed by atoms with E-state index >= 15 is 0 Å². The molecule has 2 aromatic rings. The zero-order valence-electron chi connectivity index (χ0n) is 11.0. The third-order valence-electron chi connectivity index (χ3n) is 2.46. The van der Waals surface area contributed by atoms with Crippen LogP contribution in [0.4, 0.5) is 10.1 Å². The monoisotopic (exact) mass is 276 g/mol. The van der Waals surface area contributed by atoms with Gasteiger partial charge in [-0.3, -0.25) is 4.79 Å². The van der Waals surface area contributed by atoms with Gasteiger partial charge in [-0.2, -0.15) is 0 Å². The number of amides is 1. The van der Waals surface area contributed by atoms with Gasteiger partial charge in [-0.1, -0.05) is 0 Å². The number of rotatable bonds is 3. The van der Waals surface area contributed by atoms with Crippen LogP contribution in [-0.2, 0) is 0 Å². The van der Waals surface area contributed by atoms with E-state index in [1.807, 2.05) is 0 Å². The lowest BCUT2D eigenvalue weighted by molar-refractivity contribution is 0.0820. The first-order valence-electron chi connectivity index (χ1n) is 5.75. The SMILES string of the molecule is CN(C)C(=O)c1ccc(Oc2ccc(N)c(F)c2)nn1. The Morgan fingerprint density at radius 1 is 1.25 bits per heavy atom. The van der Waals surface area contributed by atoms with Gasteiger partial charge < -0.3 is 15.4 Å². The maximum atomic E-state index is 13.2. The maximum Gasteiger partial charge on any atom is 0.273 e. The summed E-state index contributed by atoms with van der Waals surface area (Å²) in [5.74, 6) is -0.431. The molecule has 0 saturated heterocycles. The number of anilines is 1. The number of halogens is 1. The van der Waals surface area contributed by atoms with E-state index in [-0.39, 0.29) is 28.9 Å². The van der Waals surface area contributed by atoms with Crippen LogP contribution in [0.5, 0.6) is 11.6 Å². The standard InChI is InChI=1S/C13H13FN4O2/c1-18(2)13(19)11-5-6-12(17-16-11)20-8-3-4-10(15)9(14)7-8/h3-7H,15H2,1-2H3. The number of nitrogen functional groups attached to an aromatic ring is 1. The topological polar surface area (TPSA) is 81.3 Å². The Morgan fingerprint density at radius 3 is 2.55 bits per heavy atom. The molecule has 2 N–H and O–H groups in total. The summed E-state index contributed by atoms with van der Waals surface area (Å²) in [6.45, 7) is 0. The van der Waals surface area contributed by atoms with Gasteiger partial charge in [-0.15, -0.1) is 10.2 Å². The molecule has 7 heteroatoms. The summed E-state index contributed by atoms with van der Waals surface area (Å²) in [6, 6.07) is 7.02. The molecule has 0 unspecified atom stereocenters. The summed E-state index contributed by atoms with van der Waals surface area (Å²) in [4.78, 5) is 13.0. The van der Waals surface area contributed by atoms with Gasteiger partial charge in [0.05, 0.1) is 5.69 Å². The van der Waals surface area contributed by atoms with Gasteiger partial charge in [0.1, 0.15) is 11.6 Å². The van der Waals surface area contributed by atoms with Crippen LogP contribution in [0.3, 0.4) is 0 Å². The molecule has 20 heavy (non-hydrogen) atoms. The quantitative estimate of drug-likeness (QED) is 0.863. The fourth-order valence-electron chi connectivity index (χ4n) is 1.41. The highest BCUT2D eigenvalue weighted by Gasteiger charge is 2.11. The summed E-state index contributed by atoms with van der Waals surface area (Å²) in [7, 11) is 3.23. The summed E-state index contributed by atoms with van der Waals surface area (Å²) in [6.07, 6.45) is 0. The summed E-state index contributed by atoms with van der Waals surface area (Å²) in [5.41, 5.74) is 5.60. The van der Waals surface area contributed by atoms with Crippen molar-refractivity contribution < 1.29 is 13.9 Å². The fourth-order valence-corrected chi connectivity index (χ4v) is 1.41. The molecule has 0 aliphatic rings. The minimum Gasteiger partial charge on any atom is -0.437 e. The van der Waals surface area contributed by atoms with Crippen LogP contribution >= 0.6 is 0 Å². The van der Waals surface area contributed by atoms with Crippen molar-refractivity contribution in [2.75, 3.05) is 19.8 Å². The molecule has 1 aromatic heterocycles. The van der Waals surface area contributed by atoms with Crippen LogP contribution in [0.15, 0.2) is 30.3 Å². The molecular formula is C13H13FN4O2. The molecule has 0 aliphatic carbocycles. The van der Waals surface area contributed by atoms with Gasteiger partial charge in [0.15, 0.2) is 5.69 Å². The Morgan fingerprint density at radius 2 is 2.00 bits per heavy atom. The fraction of sp³-hybridized carbons (Fsp3) is 0.154. The normalized spacial score (nSPS) is 10.2. The average molecular weight is 276 g/mol. The molecule has 0 atom stereocenters. The van der Waals surface area contributed by atoms with Crippen molar-refractivity contribution in [1.29, 1.82) is 0 Å². The molecule has 1 heterocycles. The van der Waals surface area contributed by atoms with E-state index in [9.17, 15) is 9.18 Å².